The van der Waals surface area contributed by atoms with Crippen LogP contribution in [0.1, 0.15) is 48.9 Å². The van der Waals surface area contributed by atoms with Crippen molar-refractivity contribution in [2.24, 2.45) is 0 Å². The van der Waals surface area contributed by atoms with E-state index in [4.69, 9.17) is 5.26 Å². The summed E-state index contributed by atoms with van der Waals surface area (Å²) >= 11 is 0. The van der Waals surface area contributed by atoms with Crippen molar-refractivity contribution in [3.05, 3.63) is 64.7 Å². The molecular weight excluding hydrogens is 372 g/mol. The summed E-state index contributed by atoms with van der Waals surface area (Å²) in [5.41, 5.74) is 5.63. The van der Waals surface area contributed by atoms with E-state index in [0.717, 1.165) is 44.7 Å². The van der Waals surface area contributed by atoms with Crippen LogP contribution in [-0.2, 0) is 12.0 Å². The van der Waals surface area contributed by atoms with Gasteiger partial charge in [0, 0.05) is 30.2 Å². The molecule has 2 aromatic carbocycles. The maximum atomic E-state index is 12.9. The van der Waals surface area contributed by atoms with Crippen LogP contribution in [0.25, 0.3) is 0 Å². The van der Waals surface area contributed by atoms with Gasteiger partial charge in [0.2, 0.25) is 0 Å². The Morgan fingerprint density at radius 2 is 1.87 bits per heavy atom. The number of nitrogens with one attached hydrogen (secondary N) is 1. The average Bonchev–Trinajstić information content (AvgIpc) is 3.03. The third-order valence-corrected chi connectivity index (χ3v) is 6.43. The molecule has 0 saturated carbocycles. The van der Waals surface area contributed by atoms with E-state index in [0.29, 0.717) is 5.56 Å². The van der Waals surface area contributed by atoms with E-state index in [1.165, 1.54) is 16.7 Å². The summed E-state index contributed by atoms with van der Waals surface area (Å²) < 4.78 is 0. The number of piperidine rings is 1. The van der Waals surface area contributed by atoms with Crippen molar-refractivity contribution in [2.45, 2.75) is 51.6 Å². The van der Waals surface area contributed by atoms with Crippen molar-refractivity contribution < 1.29 is 4.79 Å². The van der Waals surface area contributed by atoms with E-state index in [1.807, 2.05) is 30.9 Å². The fraction of sp³-hybridized carbons (Fsp3) is 0.440. The average molecular weight is 403 g/mol. The molecule has 156 valence electrons. The van der Waals surface area contributed by atoms with Crippen LogP contribution in [0, 0.1) is 18.3 Å². The van der Waals surface area contributed by atoms with Gasteiger partial charge >= 0.3 is 6.03 Å². The number of hydrogen-bond donors (Lipinski definition) is 1. The Balaban J connectivity index is 1.50. The molecule has 2 aromatic rings. The molecule has 1 N–H and O–H groups in total. The van der Waals surface area contributed by atoms with Gasteiger partial charge in [-0.3, -0.25) is 9.80 Å². The highest BCUT2D eigenvalue weighted by Crippen LogP contribution is 2.47. The van der Waals surface area contributed by atoms with Gasteiger partial charge in [-0.15, -0.1) is 0 Å². The number of nitrogens with zero attached hydrogens (tertiary/aromatic N) is 3. The summed E-state index contributed by atoms with van der Waals surface area (Å²) in [6.07, 6.45) is 2.09. The molecule has 0 atom stereocenters. The first kappa shape index (κ1) is 20.4. The summed E-state index contributed by atoms with van der Waals surface area (Å²) in [5, 5.41) is 12.0. The first-order valence-corrected chi connectivity index (χ1v) is 10.8. The summed E-state index contributed by atoms with van der Waals surface area (Å²) in [4.78, 5) is 17.3. The SMILES string of the molecule is Cc1ccc2c(c1)C1(CCN(Cc3ccc(C#N)cc3)CC1)CN2C(=O)NC(C)C. The molecule has 2 heterocycles. The van der Waals surface area contributed by atoms with E-state index < -0.39 is 0 Å². The fourth-order valence-electron chi connectivity index (χ4n) is 4.80. The molecule has 2 aliphatic heterocycles. The molecule has 4 rings (SSSR count). The van der Waals surface area contributed by atoms with Crippen LogP contribution >= 0.6 is 0 Å². The number of anilines is 1. The monoisotopic (exact) mass is 402 g/mol. The summed E-state index contributed by atoms with van der Waals surface area (Å²) in [6, 6.07) is 16.7. The Bertz CT molecular complexity index is 966. The highest BCUT2D eigenvalue weighted by molar-refractivity contribution is 5.95. The van der Waals surface area contributed by atoms with Crippen LogP contribution in [-0.4, -0.2) is 36.6 Å². The van der Waals surface area contributed by atoms with Gasteiger partial charge in [-0.2, -0.15) is 5.26 Å². The number of amides is 2. The van der Waals surface area contributed by atoms with Crippen LogP contribution in [0.5, 0.6) is 0 Å². The largest absolute Gasteiger partial charge is 0.336 e. The fourth-order valence-corrected chi connectivity index (χ4v) is 4.80. The van der Waals surface area contributed by atoms with E-state index in [2.05, 4.69) is 53.5 Å². The van der Waals surface area contributed by atoms with Crippen LogP contribution in [0.15, 0.2) is 42.5 Å². The molecule has 1 saturated heterocycles. The molecule has 0 radical (unpaired) electrons. The minimum atomic E-state index is 0.00647. The van der Waals surface area contributed by atoms with Gasteiger partial charge in [-0.1, -0.05) is 29.8 Å². The van der Waals surface area contributed by atoms with Crippen LogP contribution in [0.3, 0.4) is 0 Å². The zero-order valence-electron chi connectivity index (χ0n) is 18.1. The number of likely N-dealkylation sites (tertiary alicyclic amines) is 1. The minimum absolute atomic E-state index is 0.00647. The zero-order valence-corrected chi connectivity index (χ0v) is 18.1. The lowest BCUT2D eigenvalue weighted by molar-refractivity contribution is 0.159. The maximum absolute atomic E-state index is 12.9. The molecule has 1 spiro atoms. The Hall–Kier alpha value is -2.84. The highest BCUT2D eigenvalue weighted by Gasteiger charge is 2.46. The molecule has 0 aliphatic carbocycles. The smallest absolute Gasteiger partial charge is 0.322 e. The van der Waals surface area contributed by atoms with Crippen molar-refractivity contribution in [3.63, 3.8) is 0 Å². The maximum Gasteiger partial charge on any atom is 0.322 e. The van der Waals surface area contributed by atoms with E-state index in [1.54, 1.807) is 0 Å². The Morgan fingerprint density at radius 1 is 1.17 bits per heavy atom. The predicted octanol–water partition coefficient (Wildman–Crippen LogP) is 4.34. The lowest BCUT2D eigenvalue weighted by Gasteiger charge is -2.40. The van der Waals surface area contributed by atoms with Crippen LogP contribution in [0.4, 0.5) is 10.5 Å². The van der Waals surface area contributed by atoms with E-state index in [-0.39, 0.29) is 17.5 Å². The Morgan fingerprint density at radius 3 is 2.50 bits per heavy atom. The van der Waals surface area contributed by atoms with Gasteiger partial charge in [-0.05, 0) is 76.0 Å². The van der Waals surface area contributed by atoms with Gasteiger partial charge in [0.05, 0.1) is 11.6 Å². The lowest BCUT2D eigenvalue weighted by atomic mass is 9.74. The predicted molar refractivity (Wildman–Crippen MR) is 120 cm³/mol. The summed E-state index contributed by atoms with van der Waals surface area (Å²) in [6.45, 7) is 9.81. The summed E-state index contributed by atoms with van der Waals surface area (Å²) in [5.74, 6) is 0. The number of carbonyl (C=O) groups excluding carboxylic acids is 1. The number of urea groups is 1. The quantitative estimate of drug-likeness (QED) is 0.831. The first-order valence-electron chi connectivity index (χ1n) is 10.8. The topological polar surface area (TPSA) is 59.4 Å². The molecule has 2 aliphatic rings. The number of hydrogen-bond acceptors (Lipinski definition) is 3. The third-order valence-electron chi connectivity index (χ3n) is 6.43. The number of nitriles is 1. The lowest BCUT2D eigenvalue weighted by Crippen LogP contribution is -2.48. The van der Waals surface area contributed by atoms with Crippen LogP contribution in [0.2, 0.25) is 0 Å². The normalized spacial score (nSPS) is 17.8. The molecular formula is C25H30N4O. The molecule has 5 heteroatoms. The van der Waals surface area contributed by atoms with Gasteiger partial charge < -0.3 is 5.32 Å². The molecule has 0 aromatic heterocycles. The van der Waals surface area contributed by atoms with Gasteiger partial charge in [0.15, 0.2) is 0 Å². The second-order valence-corrected chi connectivity index (χ2v) is 9.08. The highest BCUT2D eigenvalue weighted by atomic mass is 16.2. The van der Waals surface area contributed by atoms with Gasteiger partial charge in [0.25, 0.3) is 0 Å². The van der Waals surface area contributed by atoms with Gasteiger partial charge in [0.1, 0.15) is 0 Å². The number of aryl methyl sites for hydroxylation is 1. The van der Waals surface area contributed by atoms with Crippen molar-refractivity contribution in [3.8, 4) is 6.07 Å². The molecule has 0 bridgehead atoms. The van der Waals surface area contributed by atoms with Crippen LogP contribution < -0.4 is 10.2 Å². The second-order valence-electron chi connectivity index (χ2n) is 9.08. The first-order chi connectivity index (χ1) is 14.4. The van der Waals surface area contributed by atoms with E-state index in [9.17, 15) is 4.79 Å². The van der Waals surface area contributed by atoms with Crippen molar-refractivity contribution in [1.82, 2.24) is 10.2 Å². The molecule has 5 nitrogen and oxygen atoms in total. The molecule has 30 heavy (non-hydrogen) atoms. The number of rotatable bonds is 3. The molecule has 1 fully saturated rings. The Kier molecular flexibility index (Phi) is 5.53. The minimum Gasteiger partial charge on any atom is -0.336 e. The Labute approximate surface area is 179 Å². The molecule has 0 unspecified atom stereocenters. The molecule has 2 amide bonds. The number of benzene rings is 2. The van der Waals surface area contributed by atoms with Crippen molar-refractivity contribution in [2.75, 3.05) is 24.5 Å². The zero-order chi connectivity index (χ0) is 21.3. The number of carbonyl (C=O) groups is 1. The standard InChI is InChI=1S/C25H30N4O/c1-18(2)27-24(30)29-17-25(22-14-19(3)4-9-23(22)29)10-12-28(13-11-25)16-21-7-5-20(15-26)6-8-21/h4-9,14,18H,10-13,16-17H2,1-3H3,(H,27,30). The number of fused-ring (bicyclic) bond motifs is 2. The van der Waals surface area contributed by atoms with Gasteiger partial charge in [-0.25, -0.2) is 4.79 Å². The third kappa shape index (κ3) is 3.93. The van der Waals surface area contributed by atoms with E-state index >= 15 is 0 Å². The summed E-state index contributed by atoms with van der Waals surface area (Å²) in [7, 11) is 0. The second kappa shape index (κ2) is 8.12. The van der Waals surface area contributed by atoms with Crippen molar-refractivity contribution in [1.29, 1.82) is 5.26 Å². The van der Waals surface area contributed by atoms with Crippen molar-refractivity contribution >= 4 is 11.7 Å².